The van der Waals surface area contributed by atoms with Crippen LogP contribution in [0.25, 0.3) is 11.4 Å². The number of carboxylic acid groups (broad SMARTS) is 1. The van der Waals surface area contributed by atoms with Gasteiger partial charge in [0.1, 0.15) is 29.5 Å². The molecule has 3 aromatic rings. The maximum absolute atomic E-state index is 13.2. The Labute approximate surface area is 147 Å². The Morgan fingerprint density at radius 3 is 2.54 bits per heavy atom. The number of carbonyl (C=O) groups is 1. The topological polar surface area (TPSA) is 119 Å². The Morgan fingerprint density at radius 2 is 1.88 bits per heavy atom. The number of phenols is 1. The van der Waals surface area contributed by atoms with Gasteiger partial charge in [-0.3, -0.25) is 0 Å². The van der Waals surface area contributed by atoms with Crippen molar-refractivity contribution < 1.29 is 24.1 Å². The fourth-order valence-corrected chi connectivity index (χ4v) is 2.20. The van der Waals surface area contributed by atoms with E-state index in [1.165, 1.54) is 36.4 Å². The fourth-order valence-electron chi connectivity index (χ4n) is 2.20. The maximum Gasteiger partial charge on any atom is 0.339 e. The number of benzene rings is 2. The SMILES string of the molecule is Nc1cc(-c2ncc(COc3ccc(O)c(C(=O)O)c3)cn2)ccc1F. The second-order valence-corrected chi connectivity index (χ2v) is 5.42. The van der Waals surface area contributed by atoms with E-state index in [9.17, 15) is 14.3 Å². The molecule has 2 aromatic carbocycles. The number of hydrogen-bond acceptors (Lipinski definition) is 6. The van der Waals surface area contributed by atoms with Crippen molar-refractivity contribution in [1.29, 1.82) is 0 Å². The van der Waals surface area contributed by atoms with Crippen LogP contribution in [-0.4, -0.2) is 26.2 Å². The lowest BCUT2D eigenvalue weighted by Crippen LogP contribution is -2.01. The number of hydrogen-bond donors (Lipinski definition) is 3. The third-order valence-electron chi connectivity index (χ3n) is 3.56. The number of carboxylic acids is 1. The summed E-state index contributed by atoms with van der Waals surface area (Å²) in [5, 5.41) is 18.5. The quantitative estimate of drug-likeness (QED) is 0.602. The van der Waals surface area contributed by atoms with E-state index in [1.807, 2.05) is 0 Å². The van der Waals surface area contributed by atoms with Crippen LogP contribution in [0.1, 0.15) is 15.9 Å². The van der Waals surface area contributed by atoms with Gasteiger partial charge in [0.05, 0.1) is 5.69 Å². The molecule has 3 rings (SSSR count). The molecule has 0 fully saturated rings. The van der Waals surface area contributed by atoms with Crippen LogP contribution in [-0.2, 0) is 6.61 Å². The van der Waals surface area contributed by atoms with E-state index >= 15 is 0 Å². The molecule has 7 nitrogen and oxygen atoms in total. The van der Waals surface area contributed by atoms with Crippen molar-refractivity contribution >= 4 is 11.7 Å². The number of ether oxygens (including phenoxy) is 1. The van der Waals surface area contributed by atoms with Crippen LogP contribution in [0.3, 0.4) is 0 Å². The standard InChI is InChI=1S/C18H14FN3O4/c19-14-3-1-11(5-15(14)20)17-21-7-10(8-22-17)9-26-12-2-4-16(23)13(6-12)18(24)25/h1-8,23H,9,20H2,(H,24,25). The number of aromatic hydroxyl groups is 1. The van der Waals surface area contributed by atoms with E-state index in [1.54, 1.807) is 12.4 Å². The first kappa shape index (κ1) is 17.2. The molecule has 0 radical (unpaired) electrons. The molecule has 4 N–H and O–H groups in total. The molecule has 0 aliphatic heterocycles. The summed E-state index contributed by atoms with van der Waals surface area (Å²) < 4.78 is 18.7. The minimum absolute atomic E-state index is 0.0140. The highest BCUT2D eigenvalue weighted by molar-refractivity contribution is 5.91. The predicted molar refractivity (Wildman–Crippen MR) is 91.2 cm³/mol. The van der Waals surface area contributed by atoms with E-state index in [0.717, 1.165) is 0 Å². The third-order valence-corrected chi connectivity index (χ3v) is 3.56. The highest BCUT2D eigenvalue weighted by atomic mass is 19.1. The highest BCUT2D eigenvalue weighted by Crippen LogP contribution is 2.24. The van der Waals surface area contributed by atoms with E-state index in [0.29, 0.717) is 17.0 Å². The Kier molecular flexibility index (Phi) is 4.66. The lowest BCUT2D eigenvalue weighted by molar-refractivity contribution is 0.0693. The number of aromatic nitrogens is 2. The largest absolute Gasteiger partial charge is 0.507 e. The second-order valence-electron chi connectivity index (χ2n) is 5.42. The third kappa shape index (κ3) is 3.69. The number of aromatic carboxylic acids is 1. The summed E-state index contributed by atoms with van der Waals surface area (Å²) in [6, 6.07) is 8.16. The van der Waals surface area contributed by atoms with Crippen molar-refractivity contribution in [2.75, 3.05) is 5.73 Å². The first-order valence-corrected chi connectivity index (χ1v) is 7.49. The number of nitrogens with two attached hydrogens (primary N) is 1. The Hall–Kier alpha value is -3.68. The van der Waals surface area contributed by atoms with Crippen LogP contribution in [0, 0.1) is 5.82 Å². The first-order chi connectivity index (χ1) is 12.4. The van der Waals surface area contributed by atoms with Crippen LogP contribution in [0.15, 0.2) is 48.8 Å². The monoisotopic (exact) mass is 355 g/mol. The normalized spacial score (nSPS) is 10.5. The molecule has 0 aliphatic rings. The smallest absolute Gasteiger partial charge is 0.339 e. The van der Waals surface area contributed by atoms with Crippen LogP contribution >= 0.6 is 0 Å². The minimum Gasteiger partial charge on any atom is -0.507 e. The zero-order valence-corrected chi connectivity index (χ0v) is 13.4. The summed E-state index contributed by atoms with van der Waals surface area (Å²) >= 11 is 0. The molecule has 26 heavy (non-hydrogen) atoms. The first-order valence-electron chi connectivity index (χ1n) is 7.49. The van der Waals surface area contributed by atoms with Gasteiger partial charge in [-0.05, 0) is 36.4 Å². The summed E-state index contributed by atoms with van der Waals surface area (Å²) in [6.07, 6.45) is 3.08. The lowest BCUT2D eigenvalue weighted by Gasteiger charge is -2.08. The van der Waals surface area contributed by atoms with Gasteiger partial charge >= 0.3 is 5.97 Å². The van der Waals surface area contributed by atoms with Gasteiger partial charge in [0.25, 0.3) is 0 Å². The van der Waals surface area contributed by atoms with Crippen molar-refractivity contribution in [2.45, 2.75) is 6.61 Å². The maximum atomic E-state index is 13.2. The number of nitrogen functional groups attached to an aromatic ring is 1. The van der Waals surface area contributed by atoms with Crippen molar-refractivity contribution in [3.05, 3.63) is 65.7 Å². The summed E-state index contributed by atoms with van der Waals surface area (Å²) in [5.41, 5.74) is 6.53. The lowest BCUT2D eigenvalue weighted by atomic mass is 10.2. The van der Waals surface area contributed by atoms with Gasteiger partial charge in [-0.2, -0.15) is 0 Å². The van der Waals surface area contributed by atoms with Gasteiger partial charge in [-0.25, -0.2) is 19.2 Å². The second kappa shape index (κ2) is 7.06. The zero-order chi connectivity index (χ0) is 18.7. The molecule has 0 saturated heterocycles. The van der Waals surface area contributed by atoms with E-state index < -0.39 is 11.8 Å². The van der Waals surface area contributed by atoms with Crippen LogP contribution in [0.2, 0.25) is 0 Å². The summed E-state index contributed by atoms with van der Waals surface area (Å²) in [7, 11) is 0. The Morgan fingerprint density at radius 1 is 1.15 bits per heavy atom. The molecule has 0 spiro atoms. The van der Waals surface area contributed by atoms with Gasteiger partial charge in [0, 0.05) is 23.5 Å². The molecule has 1 heterocycles. The van der Waals surface area contributed by atoms with Crippen molar-refractivity contribution in [3.63, 3.8) is 0 Å². The van der Waals surface area contributed by atoms with Crippen molar-refractivity contribution in [2.24, 2.45) is 0 Å². The molecule has 1 aromatic heterocycles. The average Bonchev–Trinajstić information content (AvgIpc) is 2.63. The molecule has 0 saturated carbocycles. The average molecular weight is 355 g/mol. The van der Waals surface area contributed by atoms with Crippen LogP contribution < -0.4 is 10.5 Å². The molecule has 8 heteroatoms. The van der Waals surface area contributed by atoms with Gasteiger partial charge in [0.2, 0.25) is 0 Å². The van der Waals surface area contributed by atoms with Crippen molar-refractivity contribution in [3.8, 4) is 22.9 Å². The van der Waals surface area contributed by atoms with Crippen molar-refractivity contribution in [1.82, 2.24) is 9.97 Å². The molecule has 132 valence electrons. The molecule has 0 atom stereocenters. The van der Waals surface area contributed by atoms with Gasteiger partial charge in [-0.1, -0.05) is 0 Å². The molecular formula is C18H14FN3O4. The molecular weight excluding hydrogens is 341 g/mol. The minimum atomic E-state index is -1.25. The highest BCUT2D eigenvalue weighted by Gasteiger charge is 2.11. The Bertz CT molecular complexity index is 961. The number of halogens is 1. The number of rotatable bonds is 5. The van der Waals surface area contributed by atoms with E-state index in [4.69, 9.17) is 15.6 Å². The number of anilines is 1. The van der Waals surface area contributed by atoms with Gasteiger partial charge < -0.3 is 20.7 Å². The summed E-state index contributed by atoms with van der Waals surface area (Å²) in [5.74, 6) is -1.42. The Balaban J connectivity index is 1.71. The van der Waals surface area contributed by atoms with E-state index in [2.05, 4.69) is 9.97 Å². The number of nitrogens with zero attached hydrogens (tertiary/aromatic N) is 2. The molecule has 0 unspecified atom stereocenters. The van der Waals surface area contributed by atoms with Crippen LogP contribution in [0.5, 0.6) is 11.5 Å². The molecule has 0 amide bonds. The summed E-state index contributed by atoms with van der Waals surface area (Å²) in [6.45, 7) is 0.107. The van der Waals surface area contributed by atoms with Gasteiger partial charge in [0.15, 0.2) is 5.82 Å². The molecule has 0 aliphatic carbocycles. The predicted octanol–water partition coefficient (Wildman–Crippen LogP) is 2.85. The van der Waals surface area contributed by atoms with Gasteiger partial charge in [-0.15, -0.1) is 0 Å². The van der Waals surface area contributed by atoms with E-state index in [-0.39, 0.29) is 29.4 Å². The molecule has 0 bridgehead atoms. The zero-order valence-electron chi connectivity index (χ0n) is 13.4. The fraction of sp³-hybridized carbons (Fsp3) is 0.0556. The summed E-state index contributed by atoms with van der Waals surface area (Å²) in [4.78, 5) is 19.4. The van der Waals surface area contributed by atoms with Crippen LogP contribution in [0.4, 0.5) is 10.1 Å².